The predicted octanol–water partition coefficient (Wildman–Crippen LogP) is 2.73. The van der Waals surface area contributed by atoms with Crippen molar-refractivity contribution in [3.05, 3.63) is 52.6 Å². The normalized spacial score (nSPS) is 20.8. The molecule has 1 aliphatic heterocycles. The lowest BCUT2D eigenvalue weighted by atomic mass is 9.85. The van der Waals surface area contributed by atoms with Gasteiger partial charge in [0.15, 0.2) is 0 Å². The van der Waals surface area contributed by atoms with Gasteiger partial charge in [-0.3, -0.25) is 9.59 Å². The van der Waals surface area contributed by atoms with Crippen LogP contribution in [0.1, 0.15) is 36.8 Å². The van der Waals surface area contributed by atoms with Gasteiger partial charge >= 0.3 is 0 Å². The Morgan fingerprint density at radius 2 is 2.16 bits per heavy atom. The topological polar surface area (TPSA) is 84.6 Å². The van der Waals surface area contributed by atoms with E-state index < -0.39 is 0 Å². The summed E-state index contributed by atoms with van der Waals surface area (Å²) in [5, 5.41) is 6.70. The lowest BCUT2D eigenvalue weighted by Gasteiger charge is -2.27. The fourth-order valence-electron chi connectivity index (χ4n) is 3.14. The molecular formula is C19H21N3O3. The quantitative estimate of drug-likeness (QED) is 0.914. The highest BCUT2D eigenvalue weighted by atomic mass is 16.5. The number of aryl methyl sites for hydroxylation is 2. The number of aromatic nitrogens is 1. The highest BCUT2D eigenvalue weighted by Crippen LogP contribution is 2.29. The minimum Gasteiger partial charge on any atom is -0.361 e. The smallest absolute Gasteiger partial charge is 0.250 e. The zero-order valence-corrected chi connectivity index (χ0v) is 14.6. The van der Waals surface area contributed by atoms with Gasteiger partial charge in [0.1, 0.15) is 5.76 Å². The standard InChI is InChI=1S/C19H21N3O3/c1-4-5-13-8-18(23)21-17-9-14(6-7-15(13)17)20-19(24)10-16-11(2)22-25-12(16)3/h6-9,15H,4-5,10H2,1-3H3,(H,21,23). The zero-order valence-electron chi connectivity index (χ0n) is 14.6. The zero-order chi connectivity index (χ0) is 18.0. The Balaban J connectivity index is 1.78. The molecule has 0 saturated carbocycles. The van der Waals surface area contributed by atoms with Gasteiger partial charge in [-0.1, -0.05) is 30.2 Å². The van der Waals surface area contributed by atoms with E-state index in [1.807, 2.05) is 12.2 Å². The average Bonchev–Trinajstić information content (AvgIpc) is 2.86. The minimum atomic E-state index is -0.268. The van der Waals surface area contributed by atoms with E-state index >= 15 is 0 Å². The van der Waals surface area contributed by atoms with E-state index in [1.54, 1.807) is 26.0 Å². The van der Waals surface area contributed by atoms with Gasteiger partial charge in [0, 0.05) is 23.3 Å². The maximum absolute atomic E-state index is 12.3. The first-order valence-electron chi connectivity index (χ1n) is 8.42. The second-order valence-corrected chi connectivity index (χ2v) is 6.30. The van der Waals surface area contributed by atoms with Crippen LogP contribution in [0.5, 0.6) is 0 Å². The van der Waals surface area contributed by atoms with Crippen LogP contribution >= 0.6 is 0 Å². The van der Waals surface area contributed by atoms with Crippen LogP contribution in [-0.2, 0) is 16.0 Å². The van der Waals surface area contributed by atoms with Gasteiger partial charge in [-0.05, 0) is 32.4 Å². The number of hydrogen-bond donors (Lipinski definition) is 1. The highest BCUT2D eigenvalue weighted by molar-refractivity contribution is 6.11. The molecule has 0 radical (unpaired) electrons. The summed E-state index contributed by atoms with van der Waals surface area (Å²) in [6, 6.07) is 0. The van der Waals surface area contributed by atoms with Gasteiger partial charge in [-0.15, -0.1) is 0 Å². The van der Waals surface area contributed by atoms with E-state index in [-0.39, 0.29) is 24.2 Å². The molecule has 6 nitrogen and oxygen atoms in total. The largest absolute Gasteiger partial charge is 0.361 e. The number of carbonyl (C=O) groups excluding carboxylic acids is 2. The van der Waals surface area contributed by atoms with E-state index in [4.69, 9.17) is 4.52 Å². The Labute approximate surface area is 146 Å². The van der Waals surface area contributed by atoms with Crippen LogP contribution in [0.25, 0.3) is 0 Å². The highest BCUT2D eigenvalue weighted by Gasteiger charge is 2.26. The van der Waals surface area contributed by atoms with Crippen LogP contribution in [0.2, 0.25) is 0 Å². The Kier molecular flexibility index (Phi) is 4.79. The lowest BCUT2D eigenvalue weighted by Crippen LogP contribution is -2.33. The van der Waals surface area contributed by atoms with Crippen LogP contribution in [0.4, 0.5) is 0 Å². The number of carbonyl (C=O) groups is 2. The van der Waals surface area contributed by atoms with Gasteiger partial charge in [-0.2, -0.15) is 0 Å². The molecule has 3 rings (SSSR count). The molecule has 1 N–H and O–H groups in total. The van der Waals surface area contributed by atoms with Gasteiger partial charge < -0.3 is 9.84 Å². The summed E-state index contributed by atoms with van der Waals surface area (Å²) < 4.78 is 5.07. The fraction of sp³-hybridized carbons (Fsp3) is 0.368. The minimum absolute atomic E-state index is 0.0641. The molecule has 2 heterocycles. The number of aliphatic imine (C=N–C) groups is 1. The SMILES string of the molecule is CCCC1=CC(=O)NC2=CC(=NC(=O)Cc3c(C)noc3C)C=CC12. The number of nitrogens with one attached hydrogen (secondary N) is 1. The first-order valence-corrected chi connectivity index (χ1v) is 8.42. The third-order valence-electron chi connectivity index (χ3n) is 4.38. The molecule has 130 valence electrons. The lowest BCUT2D eigenvalue weighted by molar-refractivity contribution is -0.117. The Hall–Kier alpha value is -2.76. The summed E-state index contributed by atoms with van der Waals surface area (Å²) in [5.41, 5.74) is 3.90. The summed E-state index contributed by atoms with van der Waals surface area (Å²) in [7, 11) is 0. The van der Waals surface area contributed by atoms with Crippen molar-refractivity contribution in [2.75, 3.05) is 0 Å². The predicted molar refractivity (Wildman–Crippen MR) is 94.0 cm³/mol. The monoisotopic (exact) mass is 339 g/mol. The van der Waals surface area contributed by atoms with Crippen molar-refractivity contribution >= 4 is 17.5 Å². The maximum atomic E-state index is 12.3. The first kappa shape index (κ1) is 17.1. The number of hydrogen-bond acceptors (Lipinski definition) is 4. The van der Waals surface area contributed by atoms with E-state index in [0.29, 0.717) is 17.2 Å². The molecule has 2 amide bonds. The molecule has 0 spiro atoms. The fourth-order valence-corrected chi connectivity index (χ4v) is 3.14. The molecule has 1 aromatic rings. The van der Waals surface area contributed by atoms with Crippen LogP contribution in [0.3, 0.4) is 0 Å². The molecule has 1 unspecified atom stereocenters. The van der Waals surface area contributed by atoms with Crippen molar-refractivity contribution < 1.29 is 14.1 Å². The molecule has 1 atom stereocenters. The summed E-state index contributed by atoms with van der Waals surface area (Å²) in [6.07, 6.45) is 9.26. The van der Waals surface area contributed by atoms with Crippen molar-refractivity contribution in [2.45, 2.75) is 40.0 Å². The molecule has 25 heavy (non-hydrogen) atoms. The Bertz CT molecular complexity index is 821. The Morgan fingerprint density at radius 1 is 1.36 bits per heavy atom. The number of allylic oxidation sites excluding steroid dienone is 3. The molecule has 0 saturated heterocycles. The van der Waals surface area contributed by atoms with E-state index in [1.165, 1.54) is 0 Å². The van der Waals surface area contributed by atoms with Crippen LogP contribution in [0, 0.1) is 19.8 Å². The summed E-state index contributed by atoms with van der Waals surface area (Å²) in [4.78, 5) is 28.3. The van der Waals surface area contributed by atoms with Crippen LogP contribution < -0.4 is 5.32 Å². The van der Waals surface area contributed by atoms with E-state index in [2.05, 4.69) is 22.4 Å². The summed E-state index contributed by atoms with van der Waals surface area (Å²) in [6.45, 7) is 5.67. The number of nitrogens with zero attached hydrogens (tertiary/aromatic N) is 2. The van der Waals surface area contributed by atoms with Gasteiger partial charge in [0.05, 0.1) is 17.8 Å². The Morgan fingerprint density at radius 3 is 2.84 bits per heavy atom. The first-order chi connectivity index (χ1) is 12.0. The van der Waals surface area contributed by atoms with Gasteiger partial charge in [0.2, 0.25) is 5.91 Å². The van der Waals surface area contributed by atoms with Gasteiger partial charge in [-0.25, -0.2) is 4.99 Å². The molecule has 0 bridgehead atoms. The maximum Gasteiger partial charge on any atom is 0.250 e. The van der Waals surface area contributed by atoms with Crippen LogP contribution in [-0.4, -0.2) is 22.7 Å². The van der Waals surface area contributed by atoms with Gasteiger partial charge in [0.25, 0.3) is 5.91 Å². The third kappa shape index (κ3) is 3.68. The van der Waals surface area contributed by atoms with Crippen molar-refractivity contribution in [1.29, 1.82) is 0 Å². The molecule has 0 aromatic carbocycles. The number of amides is 2. The second kappa shape index (κ2) is 7.01. The summed E-state index contributed by atoms with van der Waals surface area (Å²) >= 11 is 0. The van der Waals surface area contributed by atoms with Crippen molar-refractivity contribution in [2.24, 2.45) is 10.9 Å². The molecular weight excluding hydrogens is 318 g/mol. The third-order valence-corrected chi connectivity index (χ3v) is 4.38. The molecule has 6 heteroatoms. The van der Waals surface area contributed by atoms with Crippen molar-refractivity contribution in [1.82, 2.24) is 10.5 Å². The second-order valence-electron chi connectivity index (χ2n) is 6.30. The van der Waals surface area contributed by atoms with E-state index in [9.17, 15) is 9.59 Å². The van der Waals surface area contributed by atoms with E-state index in [0.717, 1.165) is 29.7 Å². The molecule has 0 fully saturated rings. The molecule has 1 aliphatic carbocycles. The number of fused-ring (bicyclic) bond motifs is 1. The number of rotatable bonds is 4. The molecule has 1 aromatic heterocycles. The van der Waals surface area contributed by atoms with Crippen LogP contribution in [0.15, 0.2) is 45.1 Å². The summed E-state index contributed by atoms with van der Waals surface area (Å²) in [5.74, 6) is 0.310. The van der Waals surface area contributed by atoms with Crippen molar-refractivity contribution in [3.63, 3.8) is 0 Å². The average molecular weight is 339 g/mol. The van der Waals surface area contributed by atoms with Crippen molar-refractivity contribution in [3.8, 4) is 0 Å². The molecule has 2 aliphatic rings.